The summed E-state index contributed by atoms with van der Waals surface area (Å²) in [5.41, 5.74) is 2.81. The number of fused-ring (bicyclic) bond motifs is 1. The van der Waals surface area contributed by atoms with Gasteiger partial charge in [0.05, 0.1) is 17.2 Å². The molecule has 0 bridgehead atoms. The van der Waals surface area contributed by atoms with E-state index in [-0.39, 0.29) is 0 Å². The Labute approximate surface area is 118 Å². The molecule has 0 amide bonds. The second-order valence-electron chi connectivity index (χ2n) is 5.15. The third-order valence-corrected chi connectivity index (χ3v) is 3.62. The highest BCUT2D eigenvalue weighted by Gasteiger charge is 2.19. The molecule has 0 radical (unpaired) electrons. The Balaban J connectivity index is 2.84. The van der Waals surface area contributed by atoms with Crippen LogP contribution in [0, 0.1) is 0 Å². The fourth-order valence-corrected chi connectivity index (χ4v) is 2.64. The summed E-state index contributed by atoms with van der Waals surface area (Å²) in [4.78, 5) is 11.5. The number of aromatic nitrogens is 1. The minimum Gasteiger partial charge on any atom is -0.478 e. The van der Waals surface area contributed by atoms with Crippen molar-refractivity contribution in [3.05, 3.63) is 35.0 Å². The van der Waals surface area contributed by atoms with Crippen LogP contribution >= 0.6 is 0 Å². The molecule has 108 valence electrons. The molecule has 0 spiro atoms. The first-order valence-electron chi connectivity index (χ1n) is 7.06. The van der Waals surface area contributed by atoms with Gasteiger partial charge in [0.1, 0.15) is 0 Å². The maximum Gasteiger partial charge on any atom is 0.337 e. The normalized spacial score (nSPS) is 12.8. The Kier molecular flexibility index (Phi) is 4.14. The molecule has 1 aromatic carbocycles. The number of hydrogen-bond donors (Lipinski definition) is 2. The lowest BCUT2D eigenvalue weighted by Gasteiger charge is -2.08. The zero-order chi connectivity index (χ0) is 14.9. The number of benzene rings is 1. The number of aliphatic hydroxyl groups excluding tert-OH is 1. The Morgan fingerprint density at radius 3 is 2.55 bits per heavy atom. The average molecular weight is 275 g/mol. The number of nitrogens with zero attached hydrogens (tertiary/aromatic N) is 1. The number of carboxylic acids is 1. The molecule has 4 heteroatoms. The standard InChI is InChI=1S/C16H21NO3/c1-4-6-17-9-14(10(3)18)12-7-11(5-2)8-13(15(12)17)16(19)20/h7-10,18H,4-6H2,1-3H3,(H,19,20). The average Bonchev–Trinajstić information content (AvgIpc) is 2.77. The second-order valence-corrected chi connectivity index (χ2v) is 5.15. The van der Waals surface area contributed by atoms with Crippen molar-refractivity contribution in [1.82, 2.24) is 4.57 Å². The molecule has 1 atom stereocenters. The molecule has 0 aliphatic rings. The van der Waals surface area contributed by atoms with Gasteiger partial charge in [-0.1, -0.05) is 13.8 Å². The molecular weight excluding hydrogens is 254 g/mol. The number of carbonyl (C=O) groups is 1. The van der Waals surface area contributed by atoms with Crippen LogP contribution in [0.5, 0.6) is 0 Å². The minimum atomic E-state index is -0.919. The fourth-order valence-electron chi connectivity index (χ4n) is 2.64. The zero-order valence-corrected chi connectivity index (χ0v) is 12.2. The number of aliphatic hydroxyl groups is 1. The lowest BCUT2D eigenvalue weighted by atomic mass is 10.0. The molecule has 1 unspecified atom stereocenters. The summed E-state index contributed by atoms with van der Waals surface area (Å²) in [6, 6.07) is 3.73. The van der Waals surface area contributed by atoms with E-state index in [1.54, 1.807) is 13.0 Å². The van der Waals surface area contributed by atoms with Crippen molar-refractivity contribution in [2.75, 3.05) is 0 Å². The Hall–Kier alpha value is -1.81. The van der Waals surface area contributed by atoms with Gasteiger partial charge in [0, 0.05) is 23.7 Å². The highest BCUT2D eigenvalue weighted by atomic mass is 16.4. The summed E-state index contributed by atoms with van der Waals surface area (Å²) in [6.07, 6.45) is 2.96. The summed E-state index contributed by atoms with van der Waals surface area (Å²) in [5, 5.41) is 20.3. The van der Waals surface area contributed by atoms with E-state index < -0.39 is 12.1 Å². The number of aromatic carboxylic acids is 1. The molecule has 4 nitrogen and oxygen atoms in total. The summed E-state index contributed by atoms with van der Waals surface area (Å²) < 4.78 is 1.94. The summed E-state index contributed by atoms with van der Waals surface area (Å²) in [6.45, 7) is 6.51. The lowest BCUT2D eigenvalue weighted by molar-refractivity contribution is 0.0698. The van der Waals surface area contributed by atoms with E-state index in [2.05, 4.69) is 6.92 Å². The molecule has 0 aliphatic carbocycles. The largest absolute Gasteiger partial charge is 0.478 e. The van der Waals surface area contributed by atoms with E-state index in [9.17, 15) is 15.0 Å². The molecule has 2 aromatic rings. The van der Waals surface area contributed by atoms with Crippen LogP contribution in [0.15, 0.2) is 18.3 Å². The van der Waals surface area contributed by atoms with Crippen LogP contribution in [-0.4, -0.2) is 20.7 Å². The van der Waals surface area contributed by atoms with Crippen LogP contribution < -0.4 is 0 Å². The van der Waals surface area contributed by atoms with Crippen molar-refractivity contribution in [2.24, 2.45) is 0 Å². The summed E-state index contributed by atoms with van der Waals surface area (Å²) in [5.74, 6) is -0.919. The van der Waals surface area contributed by atoms with E-state index in [1.165, 1.54) is 0 Å². The number of aryl methyl sites for hydroxylation is 2. The van der Waals surface area contributed by atoms with Gasteiger partial charge >= 0.3 is 5.97 Å². The first-order chi connectivity index (χ1) is 9.49. The highest BCUT2D eigenvalue weighted by molar-refractivity contribution is 6.04. The van der Waals surface area contributed by atoms with E-state index in [4.69, 9.17) is 0 Å². The van der Waals surface area contributed by atoms with Gasteiger partial charge in [-0.3, -0.25) is 0 Å². The van der Waals surface area contributed by atoms with Crippen molar-refractivity contribution in [3.63, 3.8) is 0 Å². The SMILES string of the molecule is CCCn1cc(C(C)O)c2cc(CC)cc(C(=O)O)c21. The van der Waals surface area contributed by atoms with Gasteiger partial charge in [-0.05, 0) is 37.5 Å². The first-order valence-corrected chi connectivity index (χ1v) is 7.06. The molecule has 1 heterocycles. The number of carboxylic acid groups (broad SMARTS) is 1. The van der Waals surface area contributed by atoms with Crippen LogP contribution in [0.4, 0.5) is 0 Å². The quantitative estimate of drug-likeness (QED) is 0.879. The third kappa shape index (κ3) is 2.43. The molecular formula is C16H21NO3. The van der Waals surface area contributed by atoms with E-state index >= 15 is 0 Å². The predicted molar refractivity (Wildman–Crippen MR) is 79.2 cm³/mol. The third-order valence-electron chi connectivity index (χ3n) is 3.62. The molecule has 20 heavy (non-hydrogen) atoms. The molecule has 0 fully saturated rings. The smallest absolute Gasteiger partial charge is 0.337 e. The molecule has 0 aliphatic heterocycles. The van der Waals surface area contributed by atoms with Crippen molar-refractivity contribution >= 4 is 16.9 Å². The Bertz CT molecular complexity index is 641. The van der Waals surface area contributed by atoms with Crippen LogP contribution in [0.2, 0.25) is 0 Å². The van der Waals surface area contributed by atoms with Crippen molar-refractivity contribution in [1.29, 1.82) is 0 Å². The van der Waals surface area contributed by atoms with Gasteiger partial charge in [0.15, 0.2) is 0 Å². The van der Waals surface area contributed by atoms with Crippen LogP contribution in [-0.2, 0) is 13.0 Å². The molecule has 0 saturated carbocycles. The van der Waals surface area contributed by atoms with Crippen LogP contribution in [0.25, 0.3) is 10.9 Å². The Morgan fingerprint density at radius 1 is 1.35 bits per heavy atom. The predicted octanol–water partition coefficient (Wildman–Crippen LogP) is 3.37. The van der Waals surface area contributed by atoms with E-state index in [1.807, 2.05) is 23.8 Å². The maximum atomic E-state index is 11.5. The van der Waals surface area contributed by atoms with Gasteiger partial charge in [-0.2, -0.15) is 0 Å². The zero-order valence-electron chi connectivity index (χ0n) is 12.2. The lowest BCUT2D eigenvalue weighted by Crippen LogP contribution is -2.04. The Morgan fingerprint density at radius 2 is 2.05 bits per heavy atom. The molecule has 1 aromatic heterocycles. The maximum absolute atomic E-state index is 11.5. The summed E-state index contributed by atoms with van der Waals surface area (Å²) in [7, 11) is 0. The molecule has 0 saturated heterocycles. The highest BCUT2D eigenvalue weighted by Crippen LogP contribution is 2.31. The van der Waals surface area contributed by atoms with Gasteiger partial charge < -0.3 is 14.8 Å². The van der Waals surface area contributed by atoms with Gasteiger partial charge in [-0.15, -0.1) is 0 Å². The van der Waals surface area contributed by atoms with E-state index in [0.717, 1.165) is 35.9 Å². The van der Waals surface area contributed by atoms with Crippen LogP contribution in [0.3, 0.4) is 0 Å². The molecule has 2 rings (SSSR count). The van der Waals surface area contributed by atoms with Crippen molar-refractivity contribution in [3.8, 4) is 0 Å². The number of rotatable bonds is 5. The van der Waals surface area contributed by atoms with Gasteiger partial charge in [0.2, 0.25) is 0 Å². The minimum absolute atomic E-state index is 0.319. The second kappa shape index (κ2) is 5.67. The van der Waals surface area contributed by atoms with Crippen LogP contribution in [0.1, 0.15) is 54.8 Å². The topological polar surface area (TPSA) is 62.5 Å². The summed E-state index contributed by atoms with van der Waals surface area (Å²) >= 11 is 0. The molecule has 2 N–H and O–H groups in total. The van der Waals surface area contributed by atoms with Gasteiger partial charge in [0.25, 0.3) is 0 Å². The van der Waals surface area contributed by atoms with E-state index in [0.29, 0.717) is 11.1 Å². The fraction of sp³-hybridized carbons (Fsp3) is 0.438. The van der Waals surface area contributed by atoms with Crippen molar-refractivity contribution in [2.45, 2.75) is 46.3 Å². The first kappa shape index (κ1) is 14.6. The number of hydrogen-bond acceptors (Lipinski definition) is 2. The monoisotopic (exact) mass is 275 g/mol. The van der Waals surface area contributed by atoms with Gasteiger partial charge in [-0.25, -0.2) is 4.79 Å². The van der Waals surface area contributed by atoms with Crippen molar-refractivity contribution < 1.29 is 15.0 Å².